The zero-order valence-corrected chi connectivity index (χ0v) is 12.7. The highest BCUT2D eigenvalue weighted by Crippen LogP contribution is 2.27. The molecule has 24 heavy (non-hydrogen) atoms. The number of carbonyl (C=O) groups excluding carboxylic acids is 2. The van der Waals surface area contributed by atoms with Gasteiger partial charge in [-0.15, -0.1) is 0 Å². The van der Waals surface area contributed by atoms with E-state index in [1.807, 2.05) is 0 Å². The molecule has 0 unspecified atom stereocenters. The number of fused-ring (bicyclic) bond motifs is 2. The van der Waals surface area contributed by atoms with Crippen molar-refractivity contribution in [3.05, 3.63) is 81.5 Å². The van der Waals surface area contributed by atoms with E-state index in [9.17, 15) is 14.4 Å². The number of hydrogen-bond acceptors (Lipinski definition) is 4. The fourth-order valence-electron chi connectivity index (χ4n) is 2.93. The predicted octanol–water partition coefficient (Wildman–Crippen LogP) is 1.95. The van der Waals surface area contributed by atoms with Gasteiger partial charge < -0.3 is 9.72 Å². The summed E-state index contributed by atoms with van der Waals surface area (Å²) in [6.07, 6.45) is 0. The van der Waals surface area contributed by atoms with Crippen LogP contribution in [-0.4, -0.2) is 28.2 Å². The molecule has 3 aromatic rings. The van der Waals surface area contributed by atoms with Crippen LogP contribution in [0.3, 0.4) is 0 Å². The van der Waals surface area contributed by atoms with Crippen LogP contribution in [-0.2, 0) is 0 Å². The minimum absolute atomic E-state index is 0.0273. The van der Waals surface area contributed by atoms with Gasteiger partial charge in [0.15, 0.2) is 0 Å². The van der Waals surface area contributed by atoms with Crippen LogP contribution in [0.1, 0.15) is 32.1 Å². The summed E-state index contributed by atoms with van der Waals surface area (Å²) in [5.41, 5.74) is 0.654. The van der Waals surface area contributed by atoms with E-state index >= 15 is 0 Å². The van der Waals surface area contributed by atoms with Crippen LogP contribution in [0.5, 0.6) is 5.75 Å². The summed E-state index contributed by atoms with van der Waals surface area (Å²) < 4.78 is 6.32. The molecule has 0 radical (unpaired) electrons. The summed E-state index contributed by atoms with van der Waals surface area (Å²) in [5.74, 6) is -0.0807. The Morgan fingerprint density at radius 3 is 2.12 bits per heavy atom. The molecule has 2 aromatic carbocycles. The van der Waals surface area contributed by atoms with Crippen molar-refractivity contribution >= 4 is 11.6 Å². The summed E-state index contributed by atoms with van der Waals surface area (Å²) in [6, 6.07) is 13.2. The Morgan fingerprint density at radius 1 is 0.875 bits per heavy atom. The quantitative estimate of drug-likeness (QED) is 0.612. The number of nitrogens with zero attached hydrogens (tertiary/aromatic N) is 1. The number of rotatable bonds is 2. The largest absolute Gasteiger partial charge is 0.497 e. The molecule has 0 fully saturated rings. The summed E-state index contributed by atoms with van der Waals surface area (Å²) in [7, 11) is 1.54. The Labute approximate surface area is 136 Å². The van der Waals surface area contributed by atoms with Gasteiger partial charge in [0.05, 0.1) is 12.8 Å². The lowest BCUT2D eigenvalue weighted by Crippen LogP contribution is -2.24. The number of H-pyrrole nitrogens is 1. The van der Waals surface area contributed by atoms with Crippen molar-refractivity contribution in [1.82, 2.24) is 9.55 Å². The summed E-state index contributed by atoms with van der Waals surface area (Å²) in [5, 5.41) is 0. The third-order valence-corrected chi connectivity index (χ3v) is 4.08. The molecule has 0 atom stereocenters. The van der Waals surface area contributed by atoms with Crippen molar-refractivity contribution in [2.45, 2.75) is 0 Å². The first kappa shape index (κ1) is 14.2. The molecule has 0 bridgehead atoms. The zero-order valence-electron chi connectivity index (χ0n) is 12.7. The van der Waals surface area contributed by atoms with Crippen LogP contribution in [0, 0.1) is 0 Å². The fourth-order valence-corrected chi connectivity index (χ4v) is 2.93. The number of benzene rings is 2. The van der Waals surface area contributed by atoms with Gasteiger partial charge in [0, 0.05) is 11.1 Å². The lowest BCUT2D eigenvalue weighted by Gasteiger charge is -2.15. The molecule has 0 aliphatic heterocycles. The summed E-state index contributed by atoms with van der Waals surface area (Å²) >= 11 is 0. The van der Waals surface area contributed by atoms with Gasteiger partial charge in [-0.3, -0.25) is 14.2 Å². The number of carbonyl (C=O) groups is 2. The maximum atomic E-state index is 12.8. The highest BCUT2D eigenvalue weighted by molar-refractivity contribution is 6.27. The van der Waals surface area contributed by atoms with Crippen LogP contribution in [0.4, 0.5) is 0 Å². The summed E-state index contributed by atoms with van der Waals surface area (Å²) in [4.78, 5) is 40.3. The molecular formula is C18H12N2O4. The second-order valence-electron chi connectivity index (χ2n) is 5.39. The molecular weight excluding hydrogens is 308 g/mol. The normalized spacial score (nSPS) is 12.7. The molecule has 1 aliphatic carbocycles. The van der Waals surface area contributed by atoms with E-state index < -0.39 is 5.69 Å². The van der Waals surface area contributed by atoms with E-state index in [4.69, 9.17) is 4.74 Å². The third kappa shape index (κ3) is 1.86. The van der Waals surface area contributed by atoms with Gasteiger partial charge in [0.25, 0.3) is 0 Å². The second kappa shape index (κ2) is 5.06. The first-order valence-corrected chi connectivity index (χ1v) is 7.29. The number of aromatic amines is 1. The number of ether oxygens (including phenoxy) is 1. The van der Waals surface area contributed by atoms with Crippen LogP contribution in [0.25, 0.3) is 5.69 Å². The van der Waals surface area contributed by atoms with Crippen LogP contribution in [0.2, 0.25) is 0 Å². The van der Waals surface area contributed by atoms with Crippen LogP contribution >= 0.6 is 0 Å². The van der Waals surface area contributed by atoms with E-state index in [1.54, 1.807) is 55.6 Å². The van der Waals surface area contributed by atoms with Gasteiger partial charge in [-0.05, 0) is 24.3 Å². The van der Waals surface area contributed by atoms with E-state index in [0.29, 0.717) is 22.6 Å². The molecule has 118 valence electrons. The molecule has 6 nitrogen and oxygen atoms in total. The first-order chi connectivity index (χ1) is 11.6. The molecule has 1 heterocycles. The highest BCUT2D eigenvalue weighted by Gasteiger charge is 2.34. The number of nitrogens with one attached hydrogen (secondary N) is 1. The first-order valence-electron chi connectivity index (χ1n) is 7.29. The van der Waals surface area contributed by atoms with E-state index in [1.165, 1.54) is 4.57 Å². The Hall–Kier alpha value is -3.41. The van der Waals surface area contributed by atoms with Crippen molar-refractivity contribution in [1.29, 1.82) is 0 Å². The van der Waals surface area contributed by atoms with Gasteiger partial charge in [0.1, 0.15) is 17.1 Å². The Morgan fingerprint density at radius 2 is 1.50 bits per heavy atom. The van der Waals surface area contributed by atoms with Gasteiger partial charge >= 0.3 is 5.69 Å². The van der Waals surface area contributed by atoms with Crippen molar-refractivity contribution in [3.63, 3.8) is 0 Å². The average molecular weight is 320 g/mol. The van der Waals surface area contributed by atoms with Gasteiger partial charge in [-0.2, -0.15) is 0 Å². The van der Waals surface area contributed by atoms with Gasteiger partial charge in [0.2, 0.25) is 11.6 Å². The second-order valence-corrected chi connectivity index (χ2v) is 5.39. The van der Waals surface area contributed by atoms with Crippen molar-refractivity contribution < 1.29 is 14.3 Å². The highest BCUT2D eigenvalue weighted by atomic mass is 16.5. The zero-order chi connectivity index (χ0) is 16.8. The SMILES string of the molecule is COc1ccc(-n2c3c([nH]c2=O)C(=O)c2ccccc2C3=O)cc1. The van der Waals surface area contributed by atoms with Gasteiger partial charge in [-0.25, -0.2) is 4.79 Å². The molecule has 6 heteroatoms. The average Bonchev–Trinajstić information content (AvgIpc) is 2.97. The van der Waals surface area contributed by atoms with E-state index in [-0.39, 0.29) is 23.0 Å². The van der Waals surface area contributed by atoms with Crippen LogP contribution < -0.4 is 10.4 Å². The maximum Gasteiger partial charge on any atom is 0.331 e. The van der Waals surface area contributed by atoms with Crippen LogP contribution in [0.15, 0.2) is 53.3 Å². The molecule has 1 aliphatic rings. The smallest absolute Gasteiger partial charge is 0.331 e. The fraction of sp³-hybridized carbons (Fsp3) is 0.0556. The molecule has 0 saturated carbocycles. The number of ketones is 2. The molecule has 4 rings (SSSR count). The number of imidazole rings is 1. The van der Waals surface area contributed by atoms with Crippen molar-refractivity contribution in [3.8, 4) is 11.4 Å². The Bertz CT molecular complexity index is 1040. The lowest BCUT2D eigenvalue weighted by molar-refractivity contribution is 0.0972. The van der Waals surface area contributed by atoms with E-state index in [2.05, 4.69) is 4.98 Å². The Balaban J connectivity index is 1.96. The minimum atomic E-state index is -0.528. The Kier molecular flexibility index (Phi) is 2.99. The van der Waals surface area contributed by atoms with Crippen molar-refractivity contribution in [2.75, 3.05) is 7.11 Å². The van der Waals surface area contributed by atoms with Gasteiger partial charge in [-0.1, -0.05) is 24.3 Å². The molecule has 1 N–H and O–H groups in total. The lowest BCUT2D eigenvalue weighted by atomic mass is 9.90. The molecule has 0 spiro atoms. The maximum absolute atomic E-state index is 12.8. The summed E-state index contributed by atoms with van der Waals surface area (Å²) in [6.45, 7) is 0. The number of aromatic nitrogens is 2. The minimum Gasteiger partial charge on any atom is -0.497 e. The standard InChI is InChI=1S/C18H12N2O4/c1-24-11-8-6-10(7-9-11)20-15-14(19-18(20)23)16(21)12-4-2-3-5-13(12)17(15)22/h2-9H,1H3,(H,19,23). The predicted molar refractivity (Wildman–Crippen MR) is 86.2 cm³/mol. The molecule has 0 amide bonds. The van der Waals surface area contributed by atoms with Crippen molar-refractivity contribution in [2.24, 2.45) is 0 Å². The molecule has 1 aromatic heterocycles. The third-order valence-electron chi connectivity index (χ3n) is 4.08. The number of methoxy groups -OCH3 is 1. The van der Waals surface area contributed by atoms with E-state index in [0.717, 1.165) is 0 Å². The monoisotopic (exact) mass is 320 g/mol. The number of hydrogen-bond donors (Lipinski definition) is 1. The topological polar surface area (TPSA) is 81.2 Å². The molecule has 0 saturated heterocycles.